The number of rotatable bonds is 7. The van der Waals surface area contributed by atoms with Crippen LogP contribution in [0.5, 0.6) is 0 Å². The quantitative estimate of drug-likeness (QED) is 0.349. The summed E-state index contributed by atoms with van der Waals surface area (Å²) >= 11 is 0. The molecular weight excluding hydrogens is 416 g/mol. The predicted molar refractivity (Wildman–Crippen MR) is 127 cm³/mol. The number of tetrazole rings is 1. The van der Waals surface area contributed by atoms with Crippen LogP contribution in [0.2, 0.25) is 0 Å². The number of nitrogens with one attached hydrogen (secondary N) is 1. The lowest BCUT2D eigenvalue weighted by Gasteiger charge is -2.15. The Labute approximate surface area is 190 Å². The van der Waals surface area contributed by atoms with Gasteiger partial charge >= 0.3 is 0 Å². The number of H-pyrrole nitrogens is 1. The van der Waals surface area contributed by atoms with Crippen molar-refractivity contribution in [2.24, 2.45) is 0 Å². The van der Waals surface area contributed by atoms with Crippen molar-refractivity contribution >= 4 is 22.7 Å². The first-order valence-corrected chi connectivity index (χ1v) is 10.8. The number of aromatic amines is 1. The lowest BCUT2D eigenvalue weighted by molar-refractivity contribution is 0.690. The number of unbranched alkanes of at least 4 members (excludes halogenated alkanes) is 1. The van der Waals surface area contributed by atoms with E-state index in [4.69, 9.17) is 16.5 Å². The molecule has 0 aliphatic heterocycles. The fourth-order valence-corrected chi connectivity index (χ4v) is 4.12. The molecule has 0 aliphatic rings. The highest BCUT2D eigenvalue weighted by Gasteiger charge is 2.19. The molecule has 5 aromatic rings. The second-order valence-electron chi connectivity index (χ2n) is 7.82. The molecule has 0 unspecified atom stereocenters. The molecule has 5 rings (SSSR count). The average Bonchev–Trinajstić information content (AvgIpc) is 3.50. The van der Waals surface area contributed by atoms with Crippen LogP contribution in [0.1, 0.15) is 31.2 Å². The molecule has 0 aliphatic carbocycles. The number of hydrogen-bond donors (Lipinski definition) is 3. The predicted octanol–water partition coefficient (Wildman–Crippen LogP) is 3.23. The maximum absolute atomic E-state index is 6.24. The van der Waals surface area contributed by atoms with Gasteiger partial charge in [-0.25, -0.2) is 4.98 Å². The van der Waals surface area contributed by atoms with Crippen molar-refractivity contribution in [2.45, 2.75) is 32.7 Å². The number of imidazole rings is 1. The van der Waals surface area contributed by atoms with Crippen LogP contribution in [-0.2, 0) is 13.0 Å². The van der Waals surface area contributed by atoms with E-state index in [1.807, 2.05) is 30.3 Å². The number of aromatic nitrogens is 8. The first kappa shape index (κ1) is 20.6. The molecule has 0 amide bonds. The van der Waals surface area contributed by atoms with Crippen LogP contribution in [-0.4, -0.2) is 40.4 Å². The molecule has 3 heterocycles. The molecule has 0 saturated carbocycles. The molecule has 10 heteroatoms. The lowest BCUT2D eigenvalue weighted by Crippen LogP contribution is -2.09. The van der Waals surface area contributed by atoms with Gasteiger partial charge in [-0.15, -0.1) is 20.4 Å². The molecule has 0 bridgehead atoms. The fraction of sp³-hybridized carbons (Fsp3) is 0.217. The number of hydrogen-bond acceptors (Lipinski definition) is 8. The summed E-state index contributed by atoms with van der Waals surface area (Å²) in [5.41, 5.74) is 17.7. The summed E-state index contributed by atoms with van der Waals surface area (Å²) in [6.45, 7) is 2.71. The van der Waals surface area contributed by atoms with Gasteiger partial charge < -0.3 is 16.0 Å². The van der Waals surface area contributed by atoms with E-state index in [0.717, 1.165) is 52.9 Å². The van der Waals surface area contributed by atoms with Crippen LogP contribution in [0.3, 0.4) is 0 Å². The second kappa shape index (κ2) is 8.65. The van der Waals surface area contributed by atoms with Crippen molar-refractivity contribution in [1.82, 2.24) is 40.4 Å². The number of nitrogens with zero attached hydrogens (tertiary/aromatic N) is 7. The molecule has 0 fully saturated rings. The minimum atomic E-state index is 0.284. The van der Waals surface area contributed by atoms with Crippen LogP contribution >= 0.6 is 0 Å². The molecule has 3 aromatic heterocycles. The van der Waals surface area contributed by atoms with Gasteiger partial charge in [-0.3, -0.25) is 0 Å². The Balaban J connectivity index is 1.66. The van der Waals surface area contributed by atoms with Gasteiger partial charge in [0.1, 0.15) is 16.9 Å². The van der Waals surface area contributed by atoms with Gasteiger partial charge in [0.25, 0.3) is 0 Å². The number of nitrogen functional groups attached to an aromatic ring is 2. The molecular formula is C23H24N10. The van der Waals surface area contributed by atoms with Crippen LogP contribution in [0.25, 0.3) is 33.5 Å². The summed E-state index contributed by atoms with van der Waals surface area (Å²) < 4.78 is 2.11. The molecule has 5 N–H and O–H groups in total. The van der Waals surface area contributed by atoms with E-state index < -0.39 is 0 Å². The van der Waals surface area contributed by atoms with Crippen LogP contribution in [0, 0.1) is 0 Å². The van der Waals surface area contributed by atoms with Gasteiger partial charge in [0.15, 0.2) is 11.6 Å². The first-order chi connectivity index (χ1) is 16.2. The summed E-state index contributed by atoms with van der Waals surface area (Å²) in [5.74, 6) is 2.07. The van der Waals surface area contributed by atoms with Crippen molar-refractivity contribution < 1.29 is 0 Å². The van der Waals surface area contributed by atoms with Gasteiger partial charge in [-0.05, 0) is 28.3 Å². The maximum Gasteiger partial charge on any atom is 0.205 e. The normalized spacial score (nSPS) is 11.3. The minimum Gasteiger partial charge on any atom is -0.380 e. The molecule has 2 aromatic carbocycles. The van der Waals surface area contributed by atoms with E-state index in [-0.39, 0.29) is 5.82 Å². The Bertz CT molecular complexity index is 1400. The Morgan fingerprint density at radius 1 is 0.879 bits per heavy atom. The van der Waals surface area contributed by atoms with Gasteiger partial charge in [0.2, 0.25) is 5.82 Å². The van der Waals surface area contributed by atoms with Crippen molar-refractivity contribution in [1.29, 1.82) is 0 Å². The van der Waals surface area contributed by atoms with Crippen LogP contribution in [0.15, 0.2) is 48.5 Å². The zero-order chi connectivity index (χ0) is 22.8. The number of benzene rings is 2. The highest BCUT2D eigenvalue weighted by Crippen LogP contribution is 2.34. The topological polar surface area (TPSA) is 150 Å². The van der Waals surface area contributed by atoms with Crippen molar-refractivity contribution in [3.05, 3.63) is 59.9 Å². The molecule has 0 spiro atoms. The summed E-state index contributed by atoms with van der Waals surface area (Å²) in [5, 5.41) is 22.6. The molecule has 33 heavy (non-hydrogen) atoms. The van der Waals surface area contributed by atoms with Gasteiger partial charge in [0.05, 0.1) is 6.54 Å². The lowest BCUT2D eigenvalue weighted by atomic mass is 9.95. The average molecular weight is 441 g/mol. The summed E-state index contributed by atoms with van der Waals surface area (Å²) in [4.78, 5) is 4.79. The van der Waals surface area contributed by atoms with Crippen molar-refractivity contribution in [2.75, 3.05) is 11.5 Å². The Kier molecular flexibility index (Phi) is 5.39. The standard InChI is InChI=1S/C23H24N10/c1-2-3-12-18-26-19-20(22(25)28-27-21(19)24)33(18)13-14-8-4-5-9-15(14)16-10-6-7-11-17(16)23-29-31-32-30-23/h4-11H,2-3,12-13H2,1H3,(H2,24,27)(H2,25,28)(H,29,30,31,32). The highest BCUT2D eigenvalue weighted by atomic mass is 15.5. The summed E-state index contributed by atoms with van der Waals surface area (Å²) in [7, 11) is 0. The number of nitrogens with two attached hydrogens (primary N) is 2. The van der Waals surface area contributed by atoms with Gasteiger partial charge in [0, 0.05) is 12.0 Å². The fourth-order valence-electron chi connectivity index (χ4n) is 4.12. The van der Waals surface area contributed by atoms with Crippen molar-refractivity contribution in [3.8, 4) is 22.5 Å². The second-order valence-corrected chi connectivity index (χ2v) is 7.82. The number of fused-ring (bicyclic) bond motifs is 1. The van der Waals surface area contributed by atoms with Gasteiger partial charge in [-0.2, -0.15) is 5.21 Å². The maximum atomic E-state index is 6.24. The zero-order valence-electron chi connectivity index (χ0n) is 18.2. The third kappa shape index (κ3) is 3.75. The molecule has 10 nitrogen and oxygen atoms in total. The number of anilines is 2. The van der Waals surface area contributed by atoms with Crippen LogP contribution in [0.4, 0.5) is 11.6 Å². The van der Waals surface area contributed by atoms with E-state index in [9.17, 15) is 0 Å². The van der Waals surface area contributed by atoms with Gasteiger partial charge in [-0.1, -0.05) is 61.9 Å². The van der Waals surface area contributed by atoms with E-state index in [2.05, 4.69) is 60.5 Å². The molecule has 0 saturated heterocycles. The smallest absolute Gasteiger partial charge is 0.205 e. The minimum absolute atomic E-state index is 0.284. The van der Waals surface area contributed by atoms with E-state index in [1.54, 1.807) is 0 Å². The van der Waals surface area contributed by atoms with E-state index >= 15 is 0 Å². The Hall–Kier alpha value is -4.34. The summed E-state index contributed by atoms with van der Waals surface area (Å²) in [6.07, 6.45) is 2.87. The monoisotopic (exact) mass is 440 g/mol. The van der Waals surface area contributed by atoms with E-state index in [1.165, 1.54) is 0 Å². The Morgan fingerprint density at radius 2 is 1.61 bits per heavy atom. The van der Waals surface area contributed by atoms with Crippen LogP contribution < -0.4 is 11.5 Å². The highest BCUT2D eigenvalue weighted by molar-refractivity contribution is 5.92. The summed E-state index contributed by atoms with van der Waals surface area (Å²) in [6, 6.07) is 16.3. The van der Waals surface area contributed by atoms with Crippen molar-refractivity contribution in [3.63, 3.8) is 0 Å². The third-order valence-corrected chi connectivity index (χ3v) is 5.70. The third-order valence-electron chi connectivity index (χ3n) is 5.70. The largest absolute Gasteiger partial charge is 0.380 e. The first-order valence-electron chi connectivity index (χ1n) is 10.8. The van der Waals surface area contributed by atoms with E-state index in [0.29, 0.717) is 23.7 Å². The Morgan fingerprint density at radius 3 is 2.36 bits per heavy atom. The molecule has 166 valence electrons. The zero-order valence-corrected chi connectivity index (χ0v) is 18.2. The molecule has 0 atom stereocenters. The molecule has 0 radical (unpaired) electrons. The SMILES string of the molecule is CCCCc1nc2c(N)nnc(N)c2n1Cc1ccccc1-c1ccccc1-c1nn[nH]n1. The number of aryl methyl sites for hydroxylation is 1.